The Morgan fingerprint density at radius 3 is 2.41 bits per heavy atom. The number of hydrogen-bond donors (Lipinski definition) is 4. The quantitative estimate of drug-likeness (QED) is 0.424. The van der Waals surface area contributed by atoms with Crippen LogP contribution in [0.5, 0.6) is 5.75 Å². The van der Waals surface area contributed by atoms with Crippen molar-refractivity contribution < 1.29 is 24.5 Å². The van der Waals surface area contributed by atoms with Gasteiger partial charge < -0.3 is 30.5 Å². The summed E-state index contributed by atoms with van der Waals surface area (Å²) in [4.78, 5) is 26.2. The number of anilines is 1. The first-order valence-corrected chi connectivity index (χ1v) is 11.7. The second-order valence-corrected chi connectivity index (χ2v) is 9.50. The van der Waals surface area contributed by atoms with Crippen LogP contribution in [0.4, 0.5) is 10.5 Å². The normalized spacial score (nSPS) is 16.7. The van der Waals surface area contributed by atoms with E-state index in [1.54, 1.807) is 12.1 Å². The third-order valence-corrected chi connectivity index (χ3v) is 5.76. The molecule has 0 aliphatic carbocycles. The SMILES string of the molecule is CC(C)CN1c2ccc(C(=O)NC[C@H](O)[C@H](Cc3ccccc3)NC(=O)O)cc2OC1C(C)C. The molecular weight excluding hydrogens is 434 g/mol. The summed E-state index contributed by atoms with van der Waals surface area (Å²) in [5.74, 6) is 1.05. The number of amides is 2. The van der Waals surface area contributed by atoms with Crippen molar-refractivity contribution in [3.63, 3.8) is 0 Å². The van der Waals surface area contributed by atoms with Crippen molar-refractivity contribution in [2.75, 3.05) is 18.0 Å². The molecule has 2 amide bonds. The minimum absolute atomic E-state index is 0.0848. The summed E-state index contributed by atoms with van der Waals surface area (Å²) in [5.41, 5.74) is 2.27. The van der Waals surface area contributed by atoms with Crippen LogP contribution in [-0.4, -0.2) is 53.7 Å². The number of benzene rings is 2. The molecule has 34 heavy (non-hydrogen) atoms. The Morgan fingerprint density at radius 2 is 1.79 bits per heavy atom. The summed E-state index contributed by atoms with van der Waals surface area (Å²) in [6.45, 7) is 9.29. The van der Waals surface area contributed by atoms with Crippen LogP contribution in [0.3, 0.4) is 0 Å². The van der Waals surface area contributed by atoms with Gasteiger partial charge in [0.1, 0.15) is 5.75 Å². The fourth-order valence-corrected chi connectivity index (χ4v) is 4.16. The molecule has 1 aliphatic heterocycles. The van der Waals surface area contributed by atoms with E-state index in [-0.39, 0.29) is 24.6 Å². The molecule has 0 saturated heterocycles. The molecule has 0 radical (unpaired) electrons. The lowest BCUT2D eigenvalue weighted by molar-refractivity contribution is 0.0873. The molecule has 0 spiro atoms. The number of aliphatic hydroxyl groups is 1. The fraction of sp³-hybridized carbons (Fsp3) is 0.462. The number of aliphatic hydroxyl groups excluding tert-OH is 1. The predicted octanol–water partition coefficient (Wildman–Crippen LogP) is 3.49. The Bertz CT molecular complexity index is 980. The molecule has 1 aliphatic rings. The van der Waals surface area contributed by atoms with Gasteiger partial charge >= 0.3 is 6.09 Å². The van der Waals surface area contributed by atoms with Gasteiger partial charge in [-0.3, -0.25) is 4.79 Å². The maximum atomic E-state index is 12.8. The number of fused-ring (bicyclic) bond motifs is 1. The van der Waals surface area contributed by atoms with Gasteiger partial charge in [-0.2, -0.15) is 0 Å². The molecule has 8 nitrogen and oxygen atoms in total. The Kier molecular flexibility index (Phi) is 8.39. The molecule has 184 valence electrons. The maximum absolute atomic E-state index is 12.8. The van der Waals surface area contributed by atoms with Crippen LogP contribution < -0.4 is 20.3 Å². The zero-order valence-corrected chi connectivity index (χ0v) is 20.2. The van der Waals surface area contributed by atoms with Crippen molar-refractivity contribution in [3.05, 3.63) is 59.7 Å². The third-order valence-electron chi connectivity index (χ3n) is 5.76. The topological polar surface area (TPSA) is 111 Å². The number of carbonyl (C=O) groups excluding carboxylic acids is 1. The average molecular weight is 470 g/mol. The van der Waals surface area contributed by atoms with E-state index in [0.29, 0.717) is 23.7 Å². The smallest absolute Gasteiger partial charge is 0.404 e. The van der Waals surface area contributed by atoms with E-state index >= 15 is 0 Å². The molecule has 0 fully saturated rings. The summed E-state index contributed by atoms with van der Waals surface area (Å²) < 4.78 is 6.17. The first-order chi connectivity index (χ1) is 16.2. The number of carboxylic acid groups (broad SMARTS) is 1. The van der Waals surface area contributed by atoms with Gasteiger partial charge in [-0.25, -0.2) is 4.79 Å². The largest absolute Gasteiger partial charge is 0.468 e. The zero-order chi connectivity index (χ0) is 24.8. The Balaban J connectivity index is 1.66. The molecule has 1 unspecified atom stereocenters. The minimum atomic E-state index is -1.23. The summed E-state index contributed by atoms with van der Waals surface area (Å²) in [6, 6.07) is 13.9. The number of carbonyl (C=O) groups is 2. The molecule has 3 atom stereocenters. The summed E-state index contributed by atoms with van der Waals surface area (Å²) in [6.07, 6.45) is -2.11. The van der Waals surface area contributed by atoms with Crippen molar-refractivity contribution in [1.29, 1.82) is 0 Å². The van der Waals surface area contributed by atoms with Gasteiger partial charge in [-0.15, -0.1) is 0 Å². The van der Waals surface area contributed by atoms with E-state index in [0.717, 1.165) is 17.8 Å². The van der Waals surface area contributed by atoms with Crippen molar-refractivity contribution in [2.24, 2.45) is 11.8 Å². The number of nitrogens with zero attached hydrogens (tertiary/aromatic N) is 1. The summed E-state index contributed by atoms with van der Waals surface area (Å²) in [5, 5.41) is 24.8. The third kappa shape index (κ3) is 6.41. The lowest BCUT2D eigenvalue weighted by Crippen LogP contribution is -2.49. The van der Waals surface area contributed by atoms with Gasteiger partial charge in [-0.05, 0) is 36.1 Å². The van der Waals surface area contributed by atoms with Crippen molar-refractivity contribution in [3.8, 4) is 5.75 Å². The molecule has 0 aromatic heterocycles. The molecule has 4 N–H and O–H groups in total. The second-order valence-electron chi connectivity index (χ2n) is 9.50. The number of nitrogens with one attached hydrogen (secondary N) is 2. The van der Waals surface area contributed by atoms with Crippen molar-refractivity contribution in [1.82, 2.24) is 10.6 Å². The first kappa shape index (κ1) is 25.4. The molecule has 8 heteroatoms. The van der Waals surface area contributed by atoms with Crippen LogP contribution in [0.1, 0.15) is 43.6 Å². The van der Waals surface area contributed by atoms with Gasteiger partial charge in [-0.1, -0.05) is 58.0 Å². The van der Waals surface area contributed by atoms with E-state index < -0.39 is 18.2 Å². The highest BCUT2D eigenvalue weighted by molar-refractivity contribution is 5.95. The number of rotatable bonds is 10. The van der Waals surface area contributed by atoms with Crippen LogP contribution in [0.15, 0.2) is 48.5 Å². The van der Waals surface area contributed by atoms with E-state index in [1.165, 1.54) is 0 Å². The summed E-state index contributed by atoms with van der Waals surface area (Å²) in [7, 11) is 0. The highest BCUT2D eigenvalue weighted by atomic mass is 16.5. The van der Waals surface area contributed by atoms with E-state index in [4.69, 9.17) is 9.84 Å². The summed E-state index contributed by atoms with van der Waals surface area (Å²) >= 11 is 0. The van der Waals surface area contributed by atoms with Crippen LogP contribution >= 0.6 is 0 Å². The number of ether oxygens (including phenoxy) is 1. The van der Waals surface area contributed by atoms with Gasteiger partial charge in [0.2, 0.25) is 0 Å². The van der Waals surface area contributed by atoms with Gasteiger partial charge in [0.05, 0.1) is 17.8 Å². The van der Waals surface area contributed by atoms with E-state index in [1.807, 2.05) is 36.4 Å². The minimum Gasteiger partial charge on any atom is -0.468 e. The maximum Gasteiger partial charge on any atom is 0.404 e. The predicted molar refractivity (Wildman–Crippen MR) is 131 cm³/mol. The van der Waals surface area contributed by atoms with Gasteiger partial charge in [0, 0.05) is 24.6 Å². The molecule has 3 rings (SSSR count). The highest BCUT2D eigenvalue weighted by Gasteiger charge is 2.34. The Hall–Kier alpha value is -3.26. The van der Waals surface area contributed by atoms with Crippen LogP contribution in [0.2, 0.25) is 0 Å². The Labute approximate surface area is 200 Å². The van der Waals surface area contributed by atoms with Gasteiger partial charge in [0.25, 0.3) is 5.91 Å². The lowest BCUT2D eigenvalue weighted by Gasteiger charge is -2.29. The monoisotopic (exact) mass is 469 g/mol. The molecule has 0 bridgehead atoms. The second kappa shape index (κ2) is 11.2. The fourth-order valence-electron chi connectivity index (χ4n) is 4.16. The van der Waals surface area contributed by atoms with E-state index in [9.17, 15) is 14.7 Å². The molecule has 1 heterocycles. The number of hydrogen-bond acceptors (Lipinski definition) is 5. The van der Waals surface area contributed by atoms with Crippen molar-refractivity contribution in [2.45, 2.75) is 52.5 Å². The average Bonchev–Trinajstić information content (AvgIpc) is 3.14. The molecule has 2 aromatic rings. The standard InChI is InChI=1S/C26H35N3O5/c1-16(2)15-29-21-11-10-19(13-23(21)34-25(29)17(3)4)24(31)27-14-22(30)20(28-26(32)33)12-18-8-6-5-7-9-18/h5-11,13,16-17,20,22,25,28,30H,12,14-15H2,1-4H3,(H,27,31)(H,32,33)/t20-,22-,25?/m0/s1. The molecule has 2 aromatic carbocycles. The molecular formula is C26H35N3O5. The Morgan fingerprint density at radius 1 is 1.09 bits per heavy atom. The first-order valence-electron chi connectivity index (χ1n) is 11.7. The molecule has 0 saturated carbocycles. The lowest BCUT2D eigenvalue weighted by atomic mass is 10.0. The van der Waals surface area contributed by atoms with E-state index in [2.05, 4.69) is 43.2 Å². The zero-order valence-electron chi connectivity index (χ0n) is 20.2. The van der Waals surface area contributed by atoms with Gasteiger partial charge in [0.15, 0.2) is 6.23 Å². The highest BCUT2D eigenvalue weighted by Crippen LogP contribution is 2.40. The van der Waals surface area contributed by atoms with Crippen LogP contribution in [0, 0.1) is 11.8 Å². The van der Waals surface area contributed by atoms with Crippen LogP contribution in [-0.2, 0) is 6.42 Å². The van der Waals surface area contributed by atoms with Crippen LogP contribution in [0.25, 0.3) is 0 Å². The van der Waals surface area contributed by atoms with Crippen molar-refractivity contribution >= 4 is 17.7 Å².